The molecule has 0 bridgehead atoms. The maximum absolute atomic E-state index is 5.62. The topological polar surface area (TPSA) is 36.9 Å². The molecule has 0 spiro atoms. The predicted octanol–water partition coefficient (Wildman–Crippen LogP) is 1.72. The second-order valence-corrected chi connectivity index (χ2v) is 5.66. The lowest BCUT2D eigenvalue weighted by molar-refractivity contribution is 0.128. The van der Waals surface area contributed by atoms with Crippen molar-refractivity contribution in [3.05, 3.63) is 0 Å². The minimum absolute atomic E-state index is 0.791. The van der Waals surface area contributed by atoms with Crippen LogP contribution in [-0.2, 0) is 4.74 Å². The van der Waals surface area contributed by atoms with E-state index in [0.717, 1.165) is 50.6 Å². The molecule has 0 aromatic carbocycles. The smallest absolute Gasteiger partial charge is 0.193 e. The molecule has 4 heteroatoms. The zero-order chi connectivity index (χ0) is 12.8. The van der Waals surface area contributed by atoms with Crippen molar-refractivity contribution in [2.24, 2.45) is 16.8 Å². The van der Waals surface area contributed by atoms with Crippen molar-refractivity contribution in [2.45, 2.75) is 32.6 Å². The zero-order valence-electron chi connectivity index (χ0n) is 11.8. The number of likely N-dealkylation sites (tertiary alicyclic amines) is 1. The summed E-state index contributed by atoms with van der Waals surface area (Å²) >= 11 is 0. The van der Waals surface area contributed by atoms with Gasteiger partial charge in [-0.15, -0.1) is 0 Å². The van der Waals surface area contributed by atoms with Crippen LogP contribution < -0.4 is 5.32 Å². The highest BCUT2D eigenvalue weighted by atomic mass is 16.5. The lowest BCUT2D eigenvalue weighted by Gasteiger charge is -2.32. The summed E-state index contributed by atoms with van der Waals surface area (Å²) in [6.45, 7) is 7.19. The highest BCUT2D eigenvalue weighted by molar-refractivity contribution is 5.79. The fourth-order valence-corrected chi connectivity index (χ4v) is 2.32. The van der Waals surface area contributed by atoms with E-state index in [4.69, 9.17) is 4.74 Å². The zero-order valence-corrected chi connectivity index (χ0v) is 11.8. The van der Waals surface area contributed by atoms with Crippen molar-refractivity contribution in [3.8, 4) is 0 Å². The van der Waals surface area contributed by atoms with E-state index in [9.17, 15) is 0 Å². The van der Waals surface area contributed by atoms with Gasteiger partial charge in [-0.3, -0.25) is 4.99 Å². The number of nitrogens with zero attached hydrogens (tertiary/aromatic N) is 2. The minimum Gasteiger partial charge on any atom is -0.379 e. The van der Waals surface area contributed by atoms with E-state index >= 15 is 0 Å². The summed E-state index contributed by atoms with van der Waals surface area (Å²) in [6, 6.07) is 0. The first-order valence-corrected chi connectivity index (χ1v) is 7.33. The minimum atomic E-state index is 0.791. The molecule has 2 rings (SSSR count). The molecule has 0 unspecified atom stereocenters. The average molecular weight is 253 g/mol. The molecule has 1 saturated heterocycles. The van der Waals surface area contributed by atoms with E-state index in [0.29, 0.717) is 0 Å². The monoisotopic (exact) mass is 253 g/mol. The van der Waals surface area contributed by atoms with Crippen molar-refractivity contribution in [1.29, 1.82) is 0 Å². The van der Waals surface area contributed by atoms with Crippen LogP contribution in [0.3, 0.4) is 0 Å². The first-order valence-electron chi connectivity index (χ1n) is 7.33. The maximum atomic E-state index is 5.62. The number of rotatable bonds is 5. The number of nitrogens with one attached hydrogen (secondary N) is 1. The van der Waals surface area contributed by atoms with Gasteiger partial charge in [0.2, 0.25) is 0 Å². The second kappa shape index (κ2) is 6.98. The van der Waals surface area contributed by atoms with E-state index in [1.807, 2.05) is 7.05 Å². The Morgan fingerprint density at radius 3 is 2.61 bits per heavy atom. The predicted molar refractivity (Wildman–Crippen MR) is 74.9 cm³/mol. The van der Waals surface area contributed by atoms with Crippen LogP contribution in [0.5, 0.6) is 0 Å². The van der Waals surface area contributed by atoms with Crippen molar-refractivity contribution >= 4 is 5.96 Å². The second-order valence-electron chi connectivity index (χ2n) is 5.66. The van der Waals surface area contributed by atoms with Gasteiger partial charge in [0, 0.05) is 33.3 Å². The Bertz CT molecular complexity index is 268. The van der Waals surface area contributed by atoms with E-state index in [1.54, 1.807) is 0 Å². The number of hydrogen-bond acceptors (Lipinski definition) is 2. The van der Waals surface area contributed by atoms with Gasteiger partial charge in [-0.05, 0) is 37.5 Å². The molecule has 1 N–H and O–H groups in total. The van der Waals surface area contributed by atoms with Crippen LogP contribution >= 0.6 is 0 Å². The van der Waals surface area contributed by atoms with E-state index in [2.05, 4.69) is 22.1 Å². The maximum Gasteiger partial charge on any atom is 0.193 e. The van der Waals surface area contributed by atoms with Crippen LogP contribution in [0.1, 0.15) is 32.6 Å². The Kier molecular flexibility index (Phi) is 5.29. The fourth-order valence-electron chi connectivity index (χ4n) is 2.32. The Labute approximate surface area is 111 Å². The molecule has 1 aliphatic carbocycles. The van der Waals surface area contributed by atoms with Crippen molar-refractivity contribution < 1.29 is 4.74 Å². The van der Waals surface area contributed by atoms with Crippen LogP contribution in [-0.4, -0.2) is 50.8 Å². The first kappa shape index (κ1) is 13.7. The van der Waals surface area contributed by atoms with Gasteiger partial charge in [0.25, 0.3) is 0 Å². The van der Waals surface area contributed by atoms with Crippen molar-refractivity contribution in [3.63, 3.8) is 0 Å². The molecular formula is C14H27N3O. The molecule has 1 heterocycles. The molecule has 4 nitrogen and oxygen atoms in total. The van der Waals surface area contributed by atoms with Crippen LogP contribution in [0.25, 0.3) is 0 Å². The standard InChI is InChI=1S/C14H27N3O/c1-12-5-8-17(9-6-12)14(15-2)16-7-10-18-11-13-3-4-13/h12-13H,3-11H2,1-2H3,(H,15,16). The summed E-state index contributed by atoms with van der Waals surface area (Å²) in [5.74, 6) is 2.76. The van der Waals surface area contributed by atoms with Gasteiger partial charge in [0.15, 0.2) is 5.96 Å². The Morgan fingerprint density at radius 2 is 2.00 bits per heavy atom. The van der Waals surface area contributed by atoms with Gasteiger partial charge < -0.3 is 15.0 Å². The molecule has 1 aliphatic heterocycles. The van der Waals surface area contributed by atoms with Gasteiger partial charge in [-0.25, -0.2) is 0 Å². The van der Waals surface area contributed by atoms with E-state index in [-0.39, 0.29) is 0 Å². The quantitative estimate of drug-likeness (QED) is 0.460. The summed E-state index contributed by atoms with van der Waals surface area (Å²) in [5.41, 5.74) is 0. The SMILES string of the molecule is CN=C(NCCOCC1CC1)N1CCC(C)CC1. The summed E-state index contributed by atoms with van der Waals surface area (Å²) < 4.78 is 5.62. The molecule has 1 saturated carbocycles. The third-order valence-corrected chi connectivity index (χ3v) is 3.87. The normalized spacial score (nSPS) is 22.3. The molecule has 18 heavy (non-hydrogen) atoms. The molecule has 0 aromatic rings. The summed E-state index contributed by atoms with van der Waals surface area (Å²) in [6.07, 6.45) is 5.28. The van der Waals surface area contributed by atoms with E-state index < -0.39 is 0 Å². The summed E-state index contributed by atoms with van der Waals surface area (Å²) in [5, 5.41) is 3.40. The van der Waals surface area contributed by atoms with E-state index in [1.165, 1.54) is 25.7 Å². The fraction of sp³-hybridized carbons (Fsp3) is 0.929. The van der Waals surface area contributed by atoms with Gasteiger partial charge in [-0.1, -0.05) is 6.92 Å². The molecule has 0 amide bonds. The Morgan fingerprint density at radius 1 is 1.28 bits per heavy atom. The average Bonchev–Trinajstić information content (AvgIpc) is 3.19. The summed E-state index contributed by atoms with van der Waals surface area (Å²) in [4.78, 5) is 6.72. The number of hydrogen-bond donors (Lipinski definition) is 1. The largest absolute Gasteiger partial charge is 0.379 e. The van der Waals surface area contributed by atoms with Gasteiger partial charge in [0.05, 0.1) is 6.61 Å². The molecule has 0 aromatic heterocycles. The summed E-state index contributed by atoms with van der Waals surface area (Å²) in [7, 11) is 1.87. The third-order valence-electron chi connectivity index (χ3n) is 3.87. The Hall–Kier alpha value is -0.770. The van der Waals surface area contributed by atoms with Crippen LogP contribution in [0, 0.1) is 11.8 Å². The molecular weight excluding hydrogens is 226 g/mol. The molecule has 0 radical (unpaired) electrons. The van der Waals surface area contributed by atoms with Crippen molar-refractivity contribution in [2.75, 3.05) is 39.9 Å². The van der Waals surface area contributed by atoms with Gasteiger partial charge >= 0.3 is 0 Å². The molecule has 2 aliphatic rings. The number of guanidine groups is 1. The molecule has 104 valence electrons. The lowest BCUT2D eigenvalue weighted by Crippen LogP contribution is -2.46. The third kappa shape index (κ3) is 4.48. The number of piperidine rings is 1. The van der Waals surface area contributed by atoms with Crippen LogP contribution in [0.15, 0.2) is 4.99 Å². The van der Waals surface area contributed by atoms with Crippen LogP contribution in [0.2, 0.25) is 0 Å². The van der Waals surface area contributed by atoms with Crippen LogP contribution in [0.4, 0.5) is 0 Å². The number of ether oxygens (including phenoxy) is 1. The molecule has 2 fully saturated rings. The Balaban J connectivity index is 1.59. The van der Waals surface area contributed by atoms with Gasteiger partial charge in [-0.2, -0.15) is 0 Å². The van der Waals surface area contributed by atoms with Gasteiger partial charge in [0.1, 0.15) is 0 Å². The lowest BCUT2D eigenvalue weighted by atomic mass is 10.00. The number of aliphatic imine (C=N–C) groups is 1. The molecule has 0 atom stereocenters. The highest BCUT2D eigenvalue weighted by Gasteiger charge is 2.21. The highest BCUT2D eigenvalue weighted by Crippen LogP contribution is 2.28. The van der Waals surface area contributed by atoms with Crippen molar-refractivity contribution in [1.82, 2.24) is 10.2 Å². The first-order chi connectivity index (χ1) is 8.79.